The van der Waals surface area contributed by atoms with Crippen molar-refractivity contribution in [3.8, 4) is 0 Å². The Kier molecular flexibility index (Phi) is 12.1. The van der Waals surface area contributed by atoms with Crippen LogP contribution in [0, 0.1) is 41.5 Å². The molecule has 0 saturated carbocycles. The number of ether oxygens (including phenoxy) is 1. The molecule has 0 bridgehead atoms. The topological polar surface area (TPSA) is 54.0 Å². The molecule has 0 N–H and O–H groups in total. The molecule has 40 heavy (non-hydrogen) atoms. The van der Waals surface area contributed by atoms with Crippen LogP contribution in [0.4, 0.5) is 0 Å². The molecule has 3 aromatic rings. The number of carbonyl (C=O) groups is 1. The molecule has 0 amide bonds. The average molecular weight is 603 g/mol. The van der Waals surface area contributed by atoms with Gasteiger partial charge in [0.1, 0.15) is 0 Å². The first-order chi connectivity index (χ1) is 19.0. The number of hydrogen-bond acceptors (Lipinski definition) is 5. The minimum absolute atomic E-state index is 0.0779. The molecule has 3 rings (SSSR count). The van der Waals surface area contributed by atoms with Crippen LogP contribution in [0.25, 0.3) is 0 Å². The third kappa shape index (κ3) is 8.81. The lowest BCUT2D eigenvalue weighted by atomic mass is 10.1. The molecule has 9 heteroatoms. The Hall–Kier alpha value is -2.38. The van der Waals surface area contributed by atoms with E-state index in [0.717, 1.165) is 15.6 Å². The summed E-state index contributed by atoms with van der Waals surface area (Å²) >= 11 is 0. The van der Waals surface area contributed by atoms with Crippen molar-refractivity contribution < 1.29 is 21.9 Å². The van der Waals surface area contributed by atoms with Gasteiger partial charge >= 0.3 is 14.8 Å². The summed E-state index contributed by atoms with van der Waals surface area (Å²) in [5.74, 6) is -0.387. The van der Waals surface area contributed by atoms with Crippen LogP contribution in [0.5, 0.6) is 0 Å². The van der Waals surface area contributed by atoms with Crippen LogP contribution in [-0.2, 0) is 21.9 Å². The van der Waals surface area contributed by atoms with E-state index in [2.05, 4.69) is 103 Å². The summed E-state index contributed by atoms with van der Waals surface area (Å²) in [4.78, 5) is 12.0. The molecule has 0 aromatic heterocycles. The molecule has 0 spiro atoms. The van der Waals surface area contributed by atoms with Crippen molar-refractivity contribution >= 4 is 59.6 Å². The van der Waals surface area contributed by atoms with Gasteiger partial charge in [-0.1, -0.05) is 61.2 Å². The summed E-state index contributed by atoms with van der Waals surface area (Å²) in [5, 5.41) is 3.42. The second-order valence-corrected chi connectivity index (χ2v) is 16.6. The van der Waals surface area contributed by atoms with Crippen molar-refractivity contribution in [2.75, 3.05) is 6.61 Å². The number of aryl methyl sites for hydroxylation is 3. The zero-order chi connectivity index (χ0) is 29.3. The van der Waals surface area contributed by atoms with Crippen molar-refractivity contribution in [3.05, 3.63) is 100 Å². The van der Waals surface area contributed by atoms with Crippen LogP contribution < -0.4 is 15.6 Å². The standard InChI is InChI=1S/C31H38O5Si4/c1-21(2)31(32)33-19-12-20-40(34-37-28-16-9-13-22(3)25(28)6,35-38-29-17-10-14-23(4)26(29)7)36-39-30-18-11-15-24(5)27(30)8/h9-11,13-18H,1,12,19-20H2,2-8H3. The number of rotatable bonds is 14. The van der Waals surface area contributed by atoms with Crippen molar-refractivity contribution in [1.29, 1.82) is 0 Å². The number of hydrogen-bond donors (Lipinski definition) is 0. The first-order valence-electron chi connectivity index (χ1n) is 13.4. The third-order valence-corrected chi connectivity index (χ3v) is 15.2. The maximum Gasteiger partial charge on any atom is 0.469 e. The van der Waals surface area contributed by atoms with Gasteiger partial charge in [0.2, 0.25) is 0 Å². The van der Waals surface area contributed by atoms with Gasteiger partial charge in [-0.3, -0.25) is 0 Å². The largest absolute Gasteiger partial charge is 0.469 e. The fourth-order valence-electron chi connectivity index (χ4n) is 3.78. The Bertz CT molecular complexity index is 1210. The average Bonchev–Trinajstić information content (AvgIpc) is 2.93. The minimum Gasteiger partial charge on any atom is -0.462 e. The molecule has 0 aliphatic carbocycles. The highest BCUT2D eigenvalue weighted by atomic mass is 28.5. The molecule has 0 heterocycles. The van der Waals surface area contributed by atoms with Crippen LogP contribution >= 0.6 is 0 Å². The first kappa shape index (κ1) is 32.1. The van der Waals surface area contributed by atoms with Crippen molar-refractivity contribution in [1.82, 2.24) is 0 Å². The Labute approximate surface area is 248 Å². The normalized spacial score (nSPS) is 11.5. The Balaban J connectivity index is 1.92. The molecule has 0 atom stereocenters. The summed E-state index contributed by atoms with van der Waals surface area (Å²) in [6.07, 6.45) is 0.567. The molecule has 6 radical (unpaired) electrons. The van der Waals surface area contributed by atoms with E-state index < -0.39 is 8.80 Å². The van der Waals surface area contributed by atoms with Gasteiger partial charge in [0.15, 0.2) is 0 Å². The molecule has 0 unspecified atom stereocenters. The molecule has 5 nitrogen and oxygen atoms in total. The van der Waals surface area contributed by atoms with Gasteiger partial charge < -0.3 is 17.1 Å². The maximum absolute atomic E-state index is 12.0. The smallest absolute Gasteiger partial charge is 0.462 e. The predicted octanol–water partition coefficient (Wildman–Crippen LogP) is 4.17. The molecule has 0 saturated heterocycles. The molecular formula is C31H38O5Si4. The highest BCUT2D eigenvalue weighted by Gasteiger charge is 2.41. The second kappa shape index (κ2) is 15.0. The summed E-state index contributed by atoms with van der Waals surface area (Å²) in [7, 11) is -3.01. The van der Waals surface area contributed by atoms with Crippen molar-refractivity contribution in [2.24, 2.45) is 0 Å². The lowest BCUT2D eigenvalue weighted by molar-refractivity contribution is -0.138. The summed E-state index contributed by atoms with van der Waals surface area (Å²) in [5.41, 5.74) is 7.71. The van der Waals surface area contributed by atoms with Gasteiger partial charge in [0, 0.05) is 11.6 Å². The van der Waals surface area contributed by atoms with Gasteiger partial charge in [-0.05, 0) is 104 Å². The fraction of sp³-hybridized carbons (Fsp3) is 0.323. The number of benzene rings is 3. The Morgan fingerprint density at radius 2 is 1.07 bits per heavy atom. The molecule has 0 aliphatic heterocycles. The van der Waals surface area contributed by atoms with E-state index in [9.17, 15) is 4.79 Å². The van der Waals surface area contributed by atoms with E-state index in [1.165, 1.54) is 33.4 Å². The fourth-order valence-corrected chi connectivity index (χ4v) is 11.9. The van der Waals surface area contributed by atoms with Crippen molar-refractivity contribution in [2.45, 2.75) is 60.9 Å². The van der Waals surface area contributed by atoms with E-state index in [-0.39, 0.29) is 41.9 Å². The van der Waals surface area contributed by atoms with Crippen molar-refractivity contribution in [3.63, 3.8) is 0 Å². The first-order valence-corrected chi connectivity index (χ1v) is 18.0. The van der Waals surface area contributed by atoms with E-state index in [4.69, 9.17) is 17.1 Å². The van der Waals surface area contributed by atoms with Gasteiger partial charge in [-0.15, -0.1) is 0 Å². The Morgan fingerprint density at radius 1 is 0.700 bits per heavy atom. The van der Waals surface area contributed by atoms with E-state index >= 15 is 0 Å². The van der Waals surface area contributed by atoms with E-state index in [0.29, 0.717) is 18.0 Å². The minimum atomic E-state index is -3.24. The van der Waals surface area contributed by atoms with Crippen LogP contribution in [-0.4, -0.2) is 50.7 Å². The Morgan fingerprint density at radius 3 is 1.43 bits per heavy atom. The number of carbonyl (C=O) groups excluding carboxylic acids is 1. The van der Waals surface area contributed by atoms with Gasteiger partial charge in [-0.2, -0.15) is 0 Å². The predicted molar refractivity (Wildman–Crippen MR) is 168 cm³/mol. The quantitative estimate of drug-likeness (QED) is 0.120. The van der Waals surface area contributed by atoms with Gasteiger partial charge in [0.05, 0.1) is 6.61 Å². The zero-order valence-electron chi connectivity index (χ0n) is 24.6. The molecule has 0 fully saturated rings. The van der Waals surface area contributed by atoms with E-state index in [1.807, 2.05) is 0 Å². The molecule has 208 valence electrons. The SMILES string of the molecule is C=C(C)C(=O)OCCC[Si](O[Si]c1cccc(C)c1C)(O[Si]c1cccc(C)c1C)O[Si]c1cccc(C)c1C. The lowest BCUT2D eigenvalue weighted by Crippen LogP contribution is -2.53. The van der Waals surface area contributed by atoms with Crippen LogP contribution in [0.2, 0.25) is 6.04 Å². The van der Waals surface area contributed by atoms with Crippen LogP contribution in [0.1, 0.15) is 46.7 Å². The summed E-state index contributed by atoms with van der Waals surface area (Å²) < 4.78 is 25.7. The third-order valence-electron chi connectivity index (χ3n) is 6.97. The maximum atomic E-state index is 12.0. The van der Waals surface area contributed by atoms with Crippen LogP contribution in [0.15, 0.2) is 66.7 Å². The monoisotopic (exact) mass is 602 g/mol. The van der Waals surface area contributed by atoms with Gasteiger partial charge in [0.25, 0.3) is 29.3 Å². The summed E-state index contributed by atoms with van der Waals surface area (Å²) in [6.45, 7) is 18.3. The molecule has 3 aromatic carbocycles. The zero-order valence-corrected chi connectivity index (χ0v) is 28.6. The van der Waals surface area contributed by atoms with Gasteiger partial charge in [-0.25, -0.2) is 4.79 Å². The highest BCUT2D eigenvalue weighted by molar-refractivity contribution is 6.78. The van der Waals surface area contributed by atoms with E-state index in [1.54, 1.807) is 6.92 Å². The van der Waals surface area contributed by atoms with Crippen LogP contribution in [0.3, 0.4) is 0 Å². The second-order valence-electron chi connectivity index (χ2n) is 10.1. The molecule has 0 aliphatic rings. The highest BCUT2D eigenvalue weighted by Crippen LogP contribution is 2.19. The summed E-state index contributed by atoms with van der Waals surface area (Å²) in [6, 6.07) is 19.4. The lowest BCUT2D eigenvalue weighted by Gasteiger charge is -2.31. The number of esters is 1. The molecular weight excluding hydrogens is 565 g/mol.